The van der Waals surface area contributed by atoms with Gasteiger partial charge in [-0.05, 0) is 35.4 Å². The molecule has 3 rings (SSSR count). The molecule has 7 heteroatoms. The van der Waals surface area contributed by atoms with Crippen molar-refractivity contribution < 1.29 is 22.7 Å². The Balaban J connectivity index is 1.75. The van der Waals surface area contributed by atoms with Crippen LogP contribution in [0.5, 0.6) is 0 Å². The molecule has 0 aliphatic rings. The number of ether oxygens (including phenoxy) is 1. The highest BCUT2D eigenvalue weighted by molar-refractivity contribution is 7.90. The molecule has 0 aliphatic carbocycles. The van der Waals surface area contributed by atoms with Crippen LogP contribution >= 0.6 is 0 Å². The standard InChI is InChI=1S/C25H25NO5S/c1-31-24(27)16-17-26(18-20-8-4-2-5-9-20)25(28)22-14-12-21(13-15-22)19-32(29,30)23-10-6-3-7-11-23/h2-15H,16-19H2,1H3. The van der Waals surface area contributed by atoms with Crippen LogP contribution in [0.3, 0.4) is 0 Å². The van der Waals surface area contributed by atoms with Gasteiger partial charge < -0.3 is 9.64 Å². The lowest BCUT2D eigenvalue weighted by Crippen LogP contribution is -2.32. The summed E-state index contributed by atoms with van der Waals surface area (Å²) in [5.74, 6) is -0.783. The van der Waals surface area contributed by atoms with Crippen LogP contribution in [-0.4, -0.2) is 38.8 Å². The first-order chi connectivity index (χ1) is 15.4. The number of carbonyl (C=O) groups excluding carboxylic acids is 2. The number of benzene rings is 3. The van der Waals surface area contributed by atoms with Gasteiger partial charge in [-0.1, -0.05) is 60.7 Å². The molecule has 0 aromatic heterocycles. The monoisotopic (exact) mass is 451 g/mol. The maximum absolute atomic E-state index is 13.1. The highest BCUT2D eigenvalue weighted by atomic mass is 32.2. The fourth-order valence-corrected chi connectivity index (χ4v) is 4.61. The van der Waals surface area contributed by atoms with E-state index < -0.39 is 15.8 Å². The van der Waals surface area contributed by atoms with Gasteiger partial charge in [0.05, 0.1) is 24.2 Å². The van der Waals surface area contributed by atoms with E-state index in [9.17, 15) is 18.0 Å². The summed E-state index contributed by atoms with van der Waals surface area (Å²) < 4.78 is 29.9. The van der Waals surface area contributed by atoms with Crippen molar-refractivity contribution in [1.29, 1.82) is 0 Å². The third-order valence-electron chi connectivity index (χ3n) is 4.98. The molecule has 0 bridgehead atoms. The molecule has 0 saturated carbocycles. The van der Waals surface area contributed by atoms with Gasteiger partial charge in [0.15, 0.2) is 9.84 Å². The summed E-state index contributed by atoms with van der Waals surface area (Å²) in [7, 11) is -2.16. The molecule has 6 nitrogen and oxygen atoms in total. The Hall–Kier alpha value is -3.45. The number of carbonyl (C=O) groups is 2. The lowest BCUT2D eigenvalue weighted by molar-refractivity contribution is -0.140. The van der Waals surface area contributed by atoms with E-state index in [1.54, 1.807) is 59.5 Å². The van der Waals surface area contributed by atoms with Gasteiger partial charge >= 0.3 is 5.97 Å². The molecule has 3 aromatic rings. The Morgan fingerprint density at radius 3 is 2.00 bits per heavy atom. The van der Waals surface area contributed by atoms with Gasteiger partial charge in [0, 0.05) is 18.7 Å². The zero-order valence-electron chi connectivity index (χ0n) is 17.8. The lowest BCUT2D eigenvalue weighted by Gasteiger charge is -2.22. The molecule has 0 N–H and O–H groups in total. The maximum Gasteiger partial charge on any atom is 0.307 e. The highest BCUT2D eigenvalue weighted by Crippen LogP contribution is 2.18. The SMILES string of the molecule is COC(=O)CCN(Cc1ccccc1)C(=O)c1ccc(CS(=O)(=O)c2ccccc2)cc1. The topological polar surface area (TPSA) is 80.8 Å². The van der Waals surface area contributed by atoms with Gasteiger partial charge in [0.1, 0.15) is 0 Å². The summed E-state index contributed by atoms with van der Waals surface area (Å²) in [4.78, 5) is 26.6. The highest BCUT2D eigenvalue weighted by Gasteiger charge is 2.19. The van der Waals surface area contributed by atoms with E-state index >= 15 is 0 Å². The van der Waals surface area contributed by atoms with Crippen LogP contribution in [0.1, 0.15) is 27.9 Å². The summed E-state index contributed by atoms with van der Waals surface area (Å²) in [6, 6.07) is 24.3. The Morgan fingerprint density at radius 1 is 0.812 bits per heavy atom. The quantitative estimate of drug-likeness (QED) is 0.462. The third-order valence-corrected chi connectivity index (χ3v) is 6.68. The number of amides is 1. The largest absolute Gasteiger partial charge is 0.469 e. The van der Waals surface area contributed by atoms with Crippen molar-refractivity contribution in [3.8, 4) is 0 Å². The lowest BCUT2D eigenvalue weighted by atomic mass is 10.1. The van der Waals surface area contributed by atoms with Crippen LogP contribution in [-0.2, 0) is 31.7 Å². The van der Waals surface area contributed by atoms with E-state index in [0.29, 0.717) is 17.7 Å². The second-order valence-electron chi connectivity index (χ2n) is 7.31. The van der Waals surface area contributed by atoms with Crippen LogP contribution in [0.15, 0.2) is 89.8 Å². The fraction of sp³-hybridized carbons (Fsp3) is 0.200. The molecule has 0 spiro atoms. The molecule has 0 saturated heterocycles. The second kappa shape index (κ2) is 10.7. The molecule has 32 heavy (non-hydrogen) atoms. The molecule has 3 aromatic carbocycles. The van der Waals surface area contributed by atoms with Crippen molar-refractivity contribution in [2.45, 2.75) is 23.6 Å². The summed E-state index contributed by atoms with van der Waals surface area (Å²) >= 11 is 0. The number of esters is 1. The van der Waals surface area contributed by atoms with Crippen molar-refractivity contribution in [2.24, 2.45) is 0 Å². The first-order valence-corrected chi connectivity index (χ1v) is 11.8. The Labute approximate surface area is 188 Å². The average molecular weight is 452 g/mol. The zero-order valence-corrected chi connectivity index (χ0v) is 18.6. The molecule has 0 heterocycles. The predicted octanol–water partition coefficient (Wildman–Crippen LogP) is 3.87. The second-order valence-corrected chi connectivity index (χ2v) is 9.30. The van der Waals surface area contributed by atoms with Crippen LogP contribution < -0.4 is 0 Å². The van der Waals surface area contributed by atoms with Gasteiger partial charge in [0.25, 0.3) is 5.91 Å². The van der Waals surface area contributed by atoms with E-state index in [1.807, 2.05) is 30.3 Å². The predicted molar refractivity (Wildman–Crippen MR) is 122 cm³/mol. The number of sulfone groups is 1. The number of hydrogen-bond donors (Lipinski definition) is 0. The Bertz CT molecular complexity index is 1140. The number of hydrogen-bond acceptors (Lipinski definition) is 5. The smallest absolute Gasteiger partial charge is 0.307 e. The van der Waals surface area contributed by atoms with Crippen LogP contribution in [0.25, 0.3) is 0 Å². The minimum absolute atomic E-state index is 0.0858. The average Bonchev–Trinajstić information content (AvgIpc) is 2.82. The Morgan fingerprint density at radius 2 is 1.41 bits per heavy atom. The van der Waals surface area contributed by atoms with Crippen molar-refractivity contribution >= 4 is 21.7 Å². The number of rotatable bonds is 9. The number of nitrogens with zero attached hydrogens (tertiary/aromatic N) is 1. The molecule has 166 valence electrons. The van der Waals surface area contributed by atoms with E-state index in [4.69, 9.17) is 4.74 Å². The van der Waals surface area contributed by atoms with Crippen molar-refractivity contribution in [2.75, 3.05) is 13.7 Å². The van der Waals surface area contributed by atoms with Gasteiger partial charge in [-0.25, -0.2) is 8.42 Å². The summed E-state index contributed by atoms with van der Waals surface area (Å²) in [6.45, 7) is 0.561. The normalized spacial score (nSPS) is 11.0. The van der Waals surface area contributed by atoms with E-state index in [1.165, 1.54) is 7.11 Å². The molecule has 0 unspecified atom stereocenters. The Kier molecular flexibility index (Phi) is 7.78. The maximum atomic E-state index is 13.1. The van der Waals surface area contributed by atoms with Crippen LogP contribution in [0.4, 0.5) is 0 Å². The number of methoxy groups -OCH3 is 1. The summed E-state index contributed by atoms with van der Waals surface area (Å²) in [6.07, 6.45) is 0.0858. The van der Waals surface area contributed by atoms with Gasteiger partial charge in [0.2, 0.25) is 0 Å². The minimum atomic E-state index is -3.47. The molecular formula is C25H25NO5S. The van der Waals surface area contributed by atoms with Crippen molar-refractivity contribution in [1.82, 2.24) is 4.90 Å². The third kappa shape index (κ3) is 6.28. The van der Waals surface area contributed by atoms with Gasteiger partial charge in [-0.3, -0.25) is 9.59 Å². The van der Waals surface area contributed by atoms with E-state index in [0.717, 1.165) is 5.56 Å². The van der Waals surface area contributed by atoms with E-state index in [-0.39, 0.29) is 29.5 Å². The minimum Gasteiger partial charge on any atom is -0.469 e. The van der Waals surface area contributed by atoms with Crippen molar-refractivity contribution in [3.63, 3.8) is 0 Å². The zero-order chi connectivity index (χ0) is 23.0. The van der Waals surface area contributed by atoms with Crippen LogP contribution in [0, 0.1) is 0 Å². The fourth-order valence-electron chi connectivity index (χ4n) is 3.24. The first-order valence-electron chi connectivity index (χ1n) is 10.2. The molecule has 0 radical (unpaired) electrons. The van der Waals surface area contributed by atoms with E-state index in [2.05, 4.69) is 0 Å². The molecule has 0 aliphatic heterocycles. The summed E-state index contributed by atoms with van der Waals surface area (Å²) in [5, 5.41) is 0. The van der Waals surface area contributed by atoms with Crippen molar-refractivity contribution in [3.05, 3.63) is 102 Å². The van der Waals surface area contributed by atoms with Gasteiger partial charge in [-0.2, -0.15) is 0 Å². The molecular weight excluding hydrogens is 426 g/mol. The molecule has 0 atom stereocenters. The first kappa shape index (κ1) is 23.2. The van der Waals surface area contributed by atoms with Crippen LogP contribution in [0.2, 0.25) is 0 Å². The van der Waals surface area contributed by atoms with Gasteiger partial charge in [-0.15, -0.1) is 0 Å². The molecule has 0 fully saturated rings. The summed E-state index contributed by atoms with van der Waals surface area (Å²) in [5.41, 5.74) is 1.96. The molecule has 1 amide bonds.